The molecule has 2 aromatic carbocycles. The Labute approximate surface area is 145 Å². The quantitative estimate of drug-likeness (QED) is 0.817. The van der Waals surface area contributed by atoms with Gasteiger partial charge in [-0.05, 0) is 29.7 Å². The van der Waals surface area contributed by atoms with Gasteiger partial charge in [0.2, 0.25) is 12.7 Å². The lowest BCUT2D eigenvalue weighted by Gasteiger charge is -2.17. The lowest BCUT2D eigenvalue weighted by Crippen LogP contribution is -2.34. The molecule has 0 radical (unpaired) electrons. The van der Waals surface area contributed by atoms with Gasteiger partial charge in [0.25, 0.3) is 0 Å². The number of methoxy groups -OCH3 is 1. The van der Waals surface area contributed by atoms with Gasteiger partial charge in [0, 0.05) is 6.42 Å². The van der Waals surface area contributed by atoms with Crippen LogP contribution >= 0.6 is 0 Å². The normalized spacial score (nSPS) is 13.2. The predicted octanol–water partition coefficient (Wildman–Crippen LogP) is 2.38. The third-order valence-electron chi connectivity index (χ3n) is 3.95. The maximum absolute atomic E-state index is 12.3. The predicted molar refractivity (Wildman–Crippen MR) is 90.2 cm³/mol. The first kappa shape index (κ1) is 16.8. The Morgan fingerprint density at radius 3 is 2.64 bits per heavy atom. The summed E-state index contributed by atoms with van der Waals surface area (Å²) in [6.07, 6.45) is 0.783. The molecule has 6 nitrogen and oxygen atoms in total. The van der Waals surface area contributed by atoms with Gasteiger partial charge >= 0.3 is 5.97 Å². The molecule has 1 aliphatic rings. The second kappa shape index (κ2) is 7.70. The summed E-state index contributed by atoms with van der Waals surface area (Å²) >= 11 is 0. The zero-order valence-corrected chi connectivity index (χ0v) is 13.9. The molecule has 0 spiro atoms. The number of ether oxygens (including phenoxy) is 3. The Balaban J connectivity index is 1.61. The number of hydrogen-bond acceptors (Lipinski definition) is 5. The van der Waals surface area contributed by atoms with E-state index in [1.54, 1.807) is 12.1 Å². The number of benzene rings is 2. The Hall–Kier alpha value is -3.02. The number of fused-ring (bicyclic) bond motifs is 1. The van der Waals surface area contributed by atoms with E-state index in [1.165, 1.54) is 7.11 Å². The van der Waals surface area contributed by atoms with Crippen LogP contribution in [0.1, 0.15) is 23.6 Å². The van der Waals surface area contributed by atoms with Crippen LogP contribution in [0.4, 0.5) is 0 Å². The molecule has 1 unspecified atom stereocenters. The van der Waals surface area contributed by atoms with Gasteiger partial charge < -0.3 is 19.5 Å². The number of aryl methyl sites for hydroxylation is 1. The Morgan fingerprint density at radius 1 is 1.12 bits per heavy atom. The Bertz CT molecular complexity index is 760. The van der Waals surface area contributed by atoms with Crippen LogP contribution in [-0.2, 0) is 20.7 Å². The Morgan fingerprint density at radius 2 is 1.88 bits per heavy atom. The van der Waals surface area contributed by atoms with Crippen molar-refractivity contribution in [2.24, 2.45) is 0 Å². The van der Waals surface area contributed by atoms with Crippen molar-refractivity contribution in [2.45, 2.75) is 18.9 Å². The molecule has 1 aliphatic heterocycles. The summed E-state index contributed by atoms with van der Waals surface area (Å²) in [5.41, 5.74) is 1.65. The van der Waals surface area contributed by atoms with E-state index in [4.69, 9.17) is 14.2 Å². The van der Waals surface area contributed by atoms with Gasteiger partial charge in [0.15, 0.2) is 17.5 Å². The number of esters is 1. The zero-order chi connectivity index (χ0) is 17.6. The van der Waals surface area contributed by atoms with Crippen LogP contribution in [0.25, 0.3) is 0 Å². The highest BCUT2D eigenvalue weighted by atomic mass is 16.7. The first-order valence-electron chi connectivity index (χ1n) is 7.98. The molecule has 2 aromatic rings. The molecular weight excluding hydrogens is 322 g/mol. The molecule has 1 atom stereocenters. The minimum atomic E-state index is -0.810. The van der Waals surface area contributed by atoms with Gasteiger partial charge in [-0.2, -0.15) is 0 Å². The minimum Gasteiger partial charge on any atom is -0.467 e. The molecule has 130 valence electrons. The lowest BCUT2D eigenvalue weighted by molar-refractivity contribution is -0.145. The SMILES string of the molecule is COC(=O)C(NC(=O)CCc1ccc2c(c1)OCO2)c1ccccc1. The maximum atomic E-state index is 12.3. The smallest absolute Gasteiger partial charge is 0.333 e. The van der Waals surface area contributed by atoms with Crippen LogP contribution < -0.4 is 14.8 Å². The molecule has 1 heterocycles. The van der Waals surface area contributed by atoms with Crippen molar-refractivity contribution < 1.29 is 23.8 Å². The van der Waals surface area contributed by atoms with Crippen molar-refractivity contribution in [1.82, 2.24) is 5.32 Å². The molecule has 0 aromatic heterocycles. The van der Waals surface area contributed by atoms with E-state index in [0.29, 0.717) is 23.5 Å². The van der Waals surface area contributed by atoms with E-state index in [1.807, 2.05) is 36.4 Å². The van der Waals surface area contributed by atoms with Crippen LogP contribution in [0, 0.1) is 0 Å². The molecule has 0 bridgehead atoms. The second-order valence-electron chi connectivity index (χ2n) is 5.62. The summed E-state index contributed by atoms with van der Waals surface area (Å²) in [6, 6.07) is 13.8. The van der Waals surface area contributed by atoms with Crippen LogP contribution in [-0.4, -0.2) is 25.8 Å². The van der Waals surface area contributed by atoms with E-state index in [0.717, 1.165) is 5.56 Å². The summed E-state index contributed by atoms with van der Waals surface area (Å²) in [5, 5.41) is 2.74. The van der Waals surface area contributed by atoms with Crippen molar-refractivity contribution in [2.75, 3.05) is 13.9 Å². The highest BCUT2D eigenvalue weighted by Crippen LogP contribution is 2.32. The third-order valence-corrected chi connectivity index (χ3v) is 3.95. The molecule has 0 aliphatic carbocycles. The fourth-order valence-corrected chi connectivity index (χ4v) is 2.63. The number of rotatable bonds is 6. The van der Waals surface area contributed by atoms with Crippen molar-refractivity contribution in [3.05, 3.63) is 59.7 Å². The Kier molecular flexibility index (Phi) is 5.18. The first-order valence-corrected chi connectivity index (χ1v) is 7.98. The van der Waals surface area contributed by atoms with Gasteiger partial charge in [-0.25, -0.2) is 4.79 Å². The largest absolute Gasteiger partial charge is 0.467 e. The second-order valence-corrected chi connectivity index (χ2v) is 5.62. The van der Waals surface area contributed by atoms with Crippen molar-refractivity contribution in [3.63, 3.8) is 0 Å². The fraction of sp³-hybridized carbons (Fsp3) is 0.263. The van der Waals surface area contributed by atoms with E-state index in [-0.39, 0.29) is 19.1 Å². The molecule has 1 N–H and O–H groups in total. The summed E-state index contributed by atoms with van der Waals surface area (Å²) in [6.45, 7) is 0.219. The van der Waals surface area contributed by atoms with Crippen LogP contribution in [0.3, 0.4) is 0 Å². The topological polar surface area (TPSA) is 73.9 Å². The van der Waals surface area contributed by atoms with E-state index < -0.39 is 12.0 Å². The molecule has 25 heavy (non-hydrogen) atoms. The highest BCUT2D eigenvalue weighted by Gasteiger charge is 2.23. The fourth-order valence-electron chi connectivity index (χ4n) is 2.63. The summed E-state index contributed by atoms with van der Waals surface area (Å²) in [5.74, 6) is 0.678. The van der Waals surface area contributed by atoms with Gasteiger partial charge in [-0.15, -0.1) is 0 Å². The number of nitrogens with one attached hydrogen (secondary N) is 1. The van der Waals surface area contributed by atoms with Crippen molar-refractivity contribution >= 4 is 11.9 Å². The first-order chi connectivity index (χ1) is 12.2. The average Bonchev–Trinajstić information content (AvgIpc) is 3.12. The number of carbonyl (C=O) groups excluding carboxylic acids is 2. The van der Waals surface area contributed by atoms with Gasteiger partial charge in [-0.1, -0.05) is 36.4 Å². The van der Waals surface area contributed by atoms with Gasteiger partial charge in [0.1, 0.15) is 0 Å². The third kappa shape index (κ3) is 4.09. The van der Waals surface area contributed by atoms with Crippen LogP contribution in [0.15, 0.2) is 48.5 Å². The van der Waals surface area contributed by atoms with Gasteiger partial charge in [-0.3, -0.25) is 4.79 Å². The number of amides is 1. The summed E-state index contributed by atoms with van der Waals surface area (Å²) in [4.78, 5) is 24.3. The monoisotopic (exact) mass is 341 g/mol. The average molecular weight is 341 g/mol. The zero-order valence-electron chi connectivity index (χ0n) is 13.9. The standard InChI is InChI=1S/C19H19NO5/c1-23-19(22)18(14-5-3-2-4-6-14)20-17(21)10-8-13-7-9-15-16(11-13)25-12-24-15/h2-7,9,11,18H,8,10,12H2,1H3,(H,20,21). The van der Waals surface area contributed by atoms with Gasteiger partial charge in [0.05, 0.1) is 7.11 Å². The van der Waals surface area contributed by atoms with E-state index >= 15 is 0 Å². The van der Waals surface area contributed by atoms with E-state index in [2.05, 4.69) is 5.32 Å². The number of carbonyl (C=O) groups is 2. The summed E-state index contributed by atoms with van der Waals surface area (Å²) < 4.78 is 15.4. The molecule has 3 rings (SSSR count). The molecule has 0 saturated carbocycles. The van der Waals surface area contributed by atoms with Crippen LogP contribution in [0.2, 0.25) is 0 Å². The maximum Gasteiger partial charge on any atom is 0.333 e. The molecule has 0 saturated heterocycles. The molecule has 1 amide bonds. The minimum absolute atomic E-state index is 0.219. The molecule has 6 heteroatoms. The van der Waals surface area contributed by atoms with Crippen molar-refractivity contribution in [1.29, 1.82) is 0 Å². The number of hydrogen-bond donors (Lipinski definition) is 1. The van der Waals surface area contributed by atoms with E-state index in [9.17, 15) is 9.59 Å². The molecule has 0 fully saturated rings. The lowest BCUT2D eigenvalue weighted by atomic mass is 10.1. The molecular formula is C19H19NO5. The highest BCUT2D eigenvalue weighted by molar-refractivity contribution is 5.85. The van der Waals surface area contributed by atoms with Crippen LogP contribution in [0.5, 0.6) is 11.5 Å². The summed E-state index contributed by atoms with van der Waals surface area (Å²) in [7, 11) is 1.30. The van der Waals surface area contributed by atoms with Crippen molar-refractivity contribution in [3.8, 4) is 11.5 Å².